The lowest BCUT2D eigenvalue weighted by molar-refractivity contribution is 0.0645. The molecule has 1 aromatic rings. The summed E-state index contributed by atoms with van der Waals surface area (Å²) in [5.41, 5.74) is 1.55. The maximum atomic E-state index is 12.5. The summed E-state index contributed by atoms with van der Waals surface area (Å²) in [7, 11) is 1.85. The van der Waals surface area contributed by atoms with Gasteiger partial charge in [-0.1, -0.05) is 13.8 Å². The minimum atomic E-state index is 0.118. The summed E-state index contributed by atoms with van der Waals surface area (Å²) in [5, 5.41) is 7.74. The van der Waals surface area contributed by atoms with Gasteiger partial charge in [0.05, 0.1) is 11.3 Å². The molecule has 1 saturated heterocycles. The van der Waals surface area contributed by atoms with Gasteiger partial charge in [-0.2, -0.15) is 5.10 Å². The summed E-state index contributed by atoms with van der Waals surface area (Å²) in [6.45, 7) is 8.87. The van der Waals surface area contributed by atoms with Crippen molar-refractivity contribution in [1.29, 1.82) is 0 Å². The summed E-state index contributed by atoms with van der Waals surface area (Å²) >= 11 is 0. The first-order valence-electron chi connectivity index (χ1n) is 7.05. The van der Waals surface area contributed by atoms with E-state index in [1.807, 2.05) is 25.1 Å². The van der Waals surface area contributed by atoms with Crippen molar-refractivity contribution in [2.75, 3.05) is 19.6 Å². The summed E-state index contributed by atoms with van der Waals surface area (Å²) in [4.78, 5) is 14.5. The average molecular weight is 264 g/mol. The summed E-state index contributed by atoms with van der Waals surface area (Å²) in [6.07, 6.45) is 2.85. The number of hydrogen-bond acceptors (Lipinski definition) is 3. The number of rotatable bonds is 3. The molecule has 19 heavy (non-hydrogen) atoms. The molecular formula is C14H24N4O. The number of carbonyl (C=O) groups excluding carboxylic acids is 1. The molecule has 1 N–H and O–H groups in total. The number of piperidine rings is 1. The lowest BCUT2D eigenvalue weighted by atomic mass is 9.93. The van der Waals surface area contributed by atoms with E-state index in [2.05, 4.69) is 24.3 Å². The van der Waals surface area contributed by atoms with Crippen molar-refractivity contribution in [1.82, 2.24) is 20.0 Å². The maximum Gasteiger partial charge on any atom is 0.257 e. The fourth-order valence-corrected chi connectivity index (χ4v) is 2.88. The van der Waals surface area contributed by atoms with Crippen molar-refractivity contribution in [3.05, 3.63) is 17.5 Å². The molecule has 0 spiro atoms. The molecule has 2 rings (SSSR count). The van der Waals surface area contributed by atoms with E-state index in [0.29, 0.717) is 12.0 Å². The largest absolute Gasteiger partial charge is 0.338 e. The van der Waals surface area contributed by atoms with Gasteiger partial charge in [-0.3, -0.25) is 9.48 Å². The number of nitrogens with one attached hydrogen (secondary N) is 1. The Morgan fingerprint density at radius 1 is 1.58 bits per heavy atom. The molecule has 2 atom stereocenters. The standard InChI is InChI=1S/C14H24N4O/c1-5-15-13-6-7-18(8-10(13)2)14(19)12-9-17(4)16-11(12)3/h9-10,13,15H,5-8H2,1-4H3. The van der Waals surface area contributed by atoms with E-state index in [9.17, 15) is 4.79 Å². The molecule has 5 nitrogen and oxygen atoms in total. The number of carbonyl (C=O) groups is 1. The first kappa shape index (κ1) is 14.1. The Labute approximate surface area is 115 Å². The highest BCUT2D eigenvalue weighted by Gasteiger charge is 2.29. The Bertz CT molecular complexity index is 454. The highest BCUT2D eigenvalue weighted by Crippen LogP contribution is 2.19. The molecule has 0 aromatic carbocycles. The van der Waals surface area contributed by atoms with Gasteiger partial charge in [0.25, 0.3) is 5.91 Å². The van der Waals surface area contributed by atoms with E-state index < -0.39 is 0 Å². The summed E-state index contributed by atoms with van der Waals surface area (Å²) in [6, 6.07) is 0.532. The highest BCUT2D eigenvalue weighted by molar-refractivity contribution is 5.95. The number of nitrogens with zero attached hydrogens (tertiary/aromatic N) is 3. The van der Waals surface area contributed by atoms with Crippen LogP contribution in [0.25, 0.3) is 0 Å². The normalized spacial score (nSPS) is 23.7. The van der Waals surface area contributed by atoms with Gasteiger partial charge in [0.1, 0.15) is 0 Å². The monoisotopic (exact) mass is 264 g/mol. The number of likely N-dealkylation sites (tertiary alicyclic amines) is 1. The smallest absolute Gasteiger partial charge is 0.257 e. The highest BCUT2D eigenvalue weighted by atomic mass is 16.2. The fraction of sp³-hybridized carbons (Fsp3) is 0.714. The first-order chi connectivity index (χ1) is 9.02. The predicted molar refractivity (Wildman–Crippen MR) is 75.1 cm³/mol. The van der Waals surface area contributed by atoms with Crippen LogP contribution >= 0.6 is 0 Å². The van der Waals surface area contributed by atoms with Crippen molar-refractivity contribution in [2.24, 2.45) is 13.0 Å². The molecule has 2 unspecified atom stereocenters. The minimum Gasteiger partial charge on any atom is -0.338 e. The quantitative estimate of drug-likeness (QED) is 0.892. The molecule has 0 radical (unpaired) electrons. The number of aromatic nitrogens is 2. The molecule has 0 aliphatic carbocycles. The van der Waals surface area contributed by atoms with Gasteiger partial charge >= 0.3 is 0 Å². The third-order valence-electron chi connectivity index (χ3n) is 3.90. The SMILES string of the molecule is CCNC1CCN(C(=O)c2cn(C)nc2C)CC1C. The minimum absolute atomic E-state index is 0.118. The summed E-state index contributed by atoms with van der Waals surface area (Å²) in [5.74, 6) is 0.613. The molecule has 1 aromatic heterocycles. The topological polar surface area (TPSA) is 50.2 Å². The van der Waals surface area contributed by atoms with E-state index in [0.717, 1.165) is 37.3 Å². The van der Waals surface area contributed by atoms with Crippen LogP contribution in [-0.4, -0.2) is 46.3 Å². The zero-order chi connectivity index (χ0) is 14.0. The van der Waals surface area contributed by atoms with Crippen LogP contribution in [0.1, 0.15) is 36.3 Å². The van der Waals surface area contributed by atoms with Crippen LogP contribution in [0.4, 0.5) is 0 Å². The zero-order valence-corrected chi connectivity index (χ0v) is 12.3. The van der Waals surface area contributed by atoms with E-state index >= 15 is 0 Å². The molecule has 1 fully saturated rings. The van der Waals surface area contributed by atoms with Crippen LogP contribution in [0.2, 0.25) is 0 Å². The van der Waals surface area contributed by atoms with Crippen molar-refractivity contribution in [3.8, 4) is 0 Å². The van der Waals surface area contributed by atoms with E-state index in [1.54, 1.807) is 4.68 Å². The number of aryl methyl sites for hydroxylation is 2. The fourth-order valence-electron chi connectivity index (χ4n) is 2.88. The molecule has 1 aliphatic rings. The molecule has 2 heterocycles. The lowest BCUT2D eigenvalue weighted by Gasteiger charge is -2.37. The summed E-state index contributed by atoms with van der Waals surface area (Å²) < 4.78 is 1.71. The van der Waals surface area contributed by atoms with Crippen molar-refractivity contribution in [2.45, 2.75) is 33.2 Å². The van der Waals surface area contributed by atoms with E-state index in [1.165, 1.54) is 0 Å². The van der Waals surface area contributed by atoms with Gasteiger partial charge in [-0.05, 0) is 25.8 Å². The lowest BCUT2D eigenvalue weighted by Crippen LogP contribution is -2.50. The molecule has 5 heteroatoms. The van der Waals surface area contributed by atoms with Gasteiger partial charge in [0, 0.05) is 32.4 Å². The van der Waals surface area contributed by atoms with Gasteiger partial charge in [0.2, 0.25) is 0 Å². The second-order valence-electron chi connectivity index (χ2n) is 5.48. The zero-order valence-electron chi connectivity index (χ0n) is 12.3. The van der Waals surface area contributed by atoms with Crippen LogP contribution in [0.3, 0.4) is 0 Å². The van der Waals surface area contributed by atoms with Crippen LogP contribution in [0, 0.1) is 12.8 Å². The van der Waals surface area contributed by atoms with Crippen LogP contribution < -0.4 is 5.32 Å². The van der Waals surface area contributed by atoms with Crippen molar-refractivity contribution >= 4 is 5.91 Å². The molecular weight excluding hydrogens is 240 g/mol. The Hall–Kier alpha value is -1.36. The van der Waals surface area contributed by atoms with Crippen LogP contribution in [0.15, 0.2) is 6.20 Å². The second kappa shape index (κ2) is 5.74. The molecule has 106 valence electrons. The Morgan fingerprint density at radius 2 is 2.32 bits per heavy atom. The molecule has 1 amide bonds. The second-order valence-corrected chi connectivity index (χ2v) is 5.48. The van der Waals surface area contributed by atoms with Gasteiger partial charge in [-0.15, -0.1) is 0 Å². The average Bonchev–Trinajstić information content (AvgIpc) is 2.70. The van der Waals surface area contributed by atoms with Gasteiger partial charge in [0.15, 0.2) is 0 Å². The Balaban J connectivity index is 2.04. The Kier molecular flexibility index (Phi) is 4.24. The third kappa shape index (κ3) is 2.97. The van der Waals surface area contributed by atoms with Gasteiger partial charge in [-0.25, -0.2) is 0 Å². The number of hydrogen-bond donors (Lipinski definition) is 1. The van der Waals surface area contributed by atoms with Crippen LogP contribution in [0.5, 0.6) is 0 Å². The first-order valence-corrected chi connectivity index (χ1v) is 7.05. The van der Waals surface area contributed by atoms with Crippen molar-refractivity contribution < 1.29 is 4.79 Å². The van der Waals surface area contributed by atoms with Crippen molar-refractivity contribution in [3.63, 3.8) is 0 Å². The van der Waals surface area contributed by atoms with Gasteiger partial charge < -0.3 is 10.2 Å². The Morgan fingerprint density at radius 3 is 2.84 bits per heavy atom. The predicted octanol–water partition coefficient (Wildman–Crippen LogP) is 1.19. The van der Waals surface area contributed by atoms with E-state index in [-0.39, 0.29) is 5.91 Å². The van der Waals surface area contributed by atoms with Crippen LogP contribution in [-0.2, 0) is 7.05 Å². The van der Waals surface area contributed by atoms with E-state index in [4.69, 9.17) is 0 Å². The molecule has 0 bridgehead atoms. The molecule has 1 aliphatic heterocycles. The third-order valence-corrected chi connectivity index (χ3v) is 3.90. The molecule has 0 saturated carbocycles. The number of amides is 1. The maximum absolute atomic E-state index is 12.5.